The van der Waals surface area contributed by atoms with E-state index in [9.17, 15) is 19.5 Å². The number of aromatic nitrogens is 1. The molecule has 1 aliphatic heterocycles. The fourth-order valence-corrected chi connectivity index (χ4v) is 3.46. The van der Waals surface area contributed by atoms with E-state index in [2.05, 4.69) is 0 Å². The topological polar surface area (TPSA) is 104 Å². The number of carbonyl (C=O) groups excluding carboxylic acids is 2. The summed E-state index contributed by atoms with van der Waals surface area (Å²) >= 11 is 0. The summed E-state index contributed by atoms with van der Waals surface area (Å²) in [6, 6.07) is 18.3. The Kier molecular flexibility index (Phi) is 6.50. The molecule has 1 aromatic heterocycles. The Morgan fingerprint density at radius 3 is 2.18 bits per heavy atom. The van der Waals surface area contributed by atoms with E-state index in [1.807, 2.05) is 0 Å². The zero-order valence-electron chi connectivity index (χ0n) is 17.2. The maximum absolute atomic E-state index is 15.4. The first kappa shape index (κ1) is 22.2. The Morgan fingerprint density at radius 1 is 0.970 bits per heavy atom. The molecule has 1 unspecified atom stereocenters. The lowest BCUT2D eigenvalue weighted by Gasteiger charge is -2.19. The average molecular weight is 453 g/mol. The molecule has 170 valence electrons. The normalized spacial score (nSPS) is 22.0. The molecule has 33 heavy (non-hydrogen) atoms. The number of ether oxygens (including phenoxy) is 3. The van der Waals surface area contributed by atoms with Crippen LogP contribution in [0.2, 0.25) is 0 Å². The second-order valence-electron chi connectivity index (χ2n) is 7.34. The number of nitrogens with zero attached hydrogens (tertiary/aromatic N) is 1. The maximum atomic E-state index is 15.4. The molecule has 1 saturated heterocycles. The molecule has 8 nitrogen and oxygen atoms in total. The summed E-state index contributed by atoms with van der Waals surface area (Å²) in [5, 5.41) is 9.47. The van der Waals surface area contributed by atoms with Gasteiger partial charge in [-0.25, -0.2) is 14.0 Å². The standard InChI is InChI=1S/C24H20FNO7/c25-20-21(33-24(30)16-9-5-2-6-10-16)18(14-31-23(29)15-7-3-1-4-8-15)32-22(20)26-12-11-17(27)13-19(26)28/h1-13,18,20-22,27H,14H2/t18-,20-,21?,22-/m1/s1. The SMILES string of the molecule is O=C(OC[C@H]1O[C@@H](n2ccc(O)cc2=O)[C@H](F)C1OC(=O)c1ccccc1)c1ccccc1. The molecule has 3 aromatic rings. The lowest BCUT2D eigenvalue weighted by molar-refractivity contribution is -0.0588. The van der Waals surface area contributed by atoms with E-state index in [0.717, 1.165) is 10.6 Å². The molecule has 2 heterocycles. The number of hydrogen-bond acceptors (Lipinski definition) is 7. The van der Waals surface area contributed by atoms with Crippen LogP contribution in [0.5, 0.6) is 5.75 Å². The van der Waals surface area contributed by atoms with Gasteiger partial charge in [0, 0.05) is 12.3 Å². The highest BCUT2D eigenvalue weighted by Gasteiger charge is 2.49. The van der Waals surface area contributed by atoms with Gasteiger partial charge >= 0.3 is 11.9 Å². The van der Waals surface area contributed by atoms with Crippen molar-refractivity contribution >= 4 is 11.9 Å². The van der Waals surface area contributed by atoms with Crippen molar-refractivity contribution < 1.29 is 33.3 Å². The molecule has 0 aliphatic carbocycles. The monoisotopic (exact) mass is 453 g/mol. The van der Waals surface area contributed by atoms with Gasteiger partial charge in [0.1, 0.15) is 18.5 Å². The molecule has 4 atom stereocenters. The third-order valence-corrected chi connectivity index (χ3v) is 5.11. The Balaban J connectivity index is 1.56. The number of carbonyl (C=O) groups is 2. The van der Waals surface area contributed by atoms with Crippen LogP contribution >= 0.6 is 0 Å². The highest BCUT2D eigenvalue weighted by molar-refractivity contribution is 5.90. The van der Waals surface area contributed by atoms with Gasteiger partial charge in [-0.1, -0.05) is 36.4 Å². The van der Waals surface area contributed by atoms with E-state index in [-0.39, 0.29) is 16.9 Å². The van der Waals surface area contributed by atoms with Crippen molar-refractivity contribution in [3.8, 4) is 5.75 Å². The van der Waals surface area contributed by atoms with Crippen LogP contribution < -0.4 is 5.56 Å². The zero-order chi connectivity index (χ0) is 23.4. The molecular weight excluding hydrogens is 433 g/mol. The Bertz CT molecular complexity index is 1180. The third kappa shape index (κ3) is 4.93. The van der Waals surface area contributed by atoms with Crippen molar-refractivity contribution in [2.24, 2.45) is 0 Å². The summed E-state index contributed by atoms with van der Waals surface area (Å²) in [4.78, 5) is 37.1. The van der Waals surface area contributed by atoms with Crippen LogP contribution in [0.25, 0.3) is 0 Å². The Hall–Kier alpha value is -3.98. The second kappa shape index (κ2) is 9.66. The first-order valence-corrected chi connectivity index (χ1v) is 10.1. The van der Waals surface area contributed by atoms with E-state index in [1.54, 1.807) is 48.5 Å². The van der Waals surface area contributed by atoms with Gasteiger partial charge in [0.2, 0.25) is 0 Å². The summed E-state index contributed by atoms with van der Waals surface area (Å²) in [7, 11) is 0. The predicted octanol–water partition coefficient (Wildman–Crippen LogP) is 2.87. The van der Waals surface area contributed by atoms with Gasteiger partial charge in [-0.15, -0.1) is 0 Å². The van der Waals surface area contributed by atoms with Crippen molar-refractivity contribution in [3.05, 3.63) is 100 Å². The molecule has 0 saturated carbocycles. The van der Waals surface area contributed by atoms with Crippen molar-refractivity contribution in [1.82, 2.24) is 4.57 Å². The largest absolute Gasteiger partial charge is 0.508 e. The molecule has 0 spiro atoms. The molecule has 0 bridgehead atoms. The van der Waals surface area contributed by atoms with Gasteiger partial charge in [-0.2, -0.15) is 0 Å². The lowest BCUT2D eigenvalue weighted by atomic mass is 10.1. The number of halogens is 1. The summed E-state index contributed by atoms with van der Waals surface area (Å²) in [6.07, 6.45) is -4.85. The number of rotatable bonds is 6. The van der Waals surface area contributed by atoms with Crippen LogP contribution in [0, 0.1) is 0 Å². The molecule has 1 aliphatic rings. The minimum absolute atomic E-state index is 0.204. The molecular formula is C24H20FNO7. The molecule has 4 rings (SSSR count). The summed E-state index contributed by atoms with van der Waals surface area (Å²) in [6.45, 7) is -0.412. The van der Waals surface area contributed by atoms with Gasteiger partial charge < -0.3 is 19.3 Å². The molecule has 1 N–H and O–H groups in total. The van der Waals surface area contributed by atoms with E-state index in [0.29, 0.717) is 0 Å². The van der Waals surface area contributed by atoms with E-state index in [4.69, 9.17) is 14.2 Å². The first-order chi connectivity index (χ1) is 15.9. The van der Waals surface area contributed by atoms with Gasteiger partial charge in [0.15, 0.2) is 18.5 Å². The van der Waals surface area contributed by atoms with Crippen molar-refractivity contribution in [2.45, 2.75) is 24.6 Å². The van der Waals surface area contributed by atoms with Crippen LogP contribution in [-0.4, -0.2) is 46.6 Å². The lowest BCUT2D eigenvalue weighted by Crippen LogP contribution is -2.37. The Morgan fingerprint density at radius 2 is 1.58 bits per heavy atom. The minimum atomic E-state index is -1.94. The van der Waals surface area contributed by atoms with Gasteiger partial charge in [0.25, 0.3) is 5.56 Å². The first-order valence-electron chi connectivity index (χ1n) is 10.1. The summed E-state index contributed by atoms with van der Waals surface area (Å²) in [5.41, 5.74) is -0.218. The van der Waals surface area contributed by atoms with Crippen LogP contribution in [0.3, 0.4) is 0 Å². The second-order valence-corrected chi connectivity index (χ2v) is 7.34. The number of hydrogen-bond donors (Lipinski definition) is 1. The van der Waals surface area contributed by atoms with Crippen LogP contribution in [0.15, 0.2) is 83.8 Å². The van der Waals surface area contributed by atoms with E-state index < -0.39 is 48.7 Å². The number of benzene rings is 2. The fourth-order valence-electron chi connectivity index (χ4n) is 3.46. The number of aromatic hydroxyl groups is 1. The summed E-state index contributed by atoms with van der Waals surface area (Å²) < 4.78 is 32.7. The highest BCUT2D eigenvalue weighted by atomic mass is 19.1. The molecule has 0 radical (unpaired) electrons. The third-order valence-electron chi connectivity index (χ3n) is 5.11. The van der Waals surface area contributed by atoms with Crippen LogP contribution in [0.1, 0.15) is 26.9 Å². The van der Waals surface area contributed by atoms with Gasteiger partial charge in [0.05, 0.1) is 11.1 Å². The Labute approximate surface area is 187 Å². The van der Waals surface area contributed by atoms with Crippen LogP contribution in [0.4, 0.5) is 4.39 Å². The zero-order valence-corrected chi connectivity index (χ0v) is 17.2. The quantitative estimate of drug-likeness (QED) is 0.573. The molecule has 9 heteroatoms. The van der Waals surface area contributed by atoms with Crippen molar-refractivity contribution in [1.29, 1.82) is 0 Å². The van der Waals surface area contributed by atoms with Crippen molar-refractivity contribution in [3.63, 3.8) is 0 Å². The fraction of sp³-hybridized carbons (Fsp3) is 0.208. The summed E-state index contributed by atoms with van der Waals surface area (Å²) in [5.74, 6) is -1.73. The number of pyridine rings is 1. The maximum Gasteiger partial charge on any atom is 0.338 e. The molecule has 1 fully saturated rings. The van der Waals surface area contributed by atoms with E-state index in [1.165, 1.54) is 24.4 Å². The smallest absolute Gasteiger partial charge is 0.338 e. The van der Waals surface area contributed by atoms with Gasteiger partial charge in [-0.3, -0.25) is 9.36 Å². The average Bonchev–Trinajstić information content (AvgIpc) is 3.13. The minimum Gasteiger partial charge on any atom is -0.508 e. The molecule has 0 amide bonds. The predicted molar refractivity (Wildman–Crippen MR) is 114 cm³/mol. The number of alkyl halides is 1. The van der Waals surface area contributed by atoms with Crippen LogP contribution in [-0.2, 0) is 14.2 Å². The number of esters is 2. The van der Waals surface area contributed by atoms with Crippen molar-refractivity contribution in [2.75, 3.05) is 6.61 Å². The van der Waals surface area contributed by atoms with E-state index >= 15 is 4.39 Å². The van der Waals surface area contributed by atoms with Gasteiger partial charge in [-0.05, 0) is 30.3 Å². The highest BCUT2D eigenvalue weighted by Crippen LogP contribution is 2.34. The molecule has 2 aromatic carbocycles.